The summed E-state index contributed by atoms with van der Waals surface area (Å²) in [6, 6.07) is 2.47. The van der Waals surface area contributed by atoms with E-state index in [0.29, 0.717) is 22.0 Å². The van der Waals surface area contributed by atoms with Gasteiger partial charge in [-0.2, -0.15) is 0 Å². The Morgan fingerprint density at radius 3 is 2.65 bits per heavy atom. The SMILES string of the molecule is Cc1c(Cl)ccc(N)c1NC(=O)[C@H]1CO[C@H](C)CN1C(=O)OC(C)(C)C. The molecule has 1 aromatic rings. The topological polar surface area (TPSA) is 93.9 Å². The third-order valence-corrected chi connectivity index (χ3v) is 4.39. The highest BCUT2D eigenvalue weighted by molar-refractivity contribution is 6.32. The molecule has 7 nitrogen and oxygen atoms in total. The Bertz CT molecular complexity index is 702. The van der Waals surface area contributed by atoms with Gasteiger partial charge in [-0.1, -0.05) is 11.6 Å². The number of rotatable bonds is 2. The minimum atomic E-state index is -0.821. The third kappa shape index (κ3) is 4.80. The lowest BCUT2D eigenvalue weighted by Crippen LogP contribution is -2.57. The van der Waals surface area contributed by atoms with E-state index in [1.165, 1.54) is 4.90 Å². The molecule has 1 aliphatic heterocycles. The molecule has 26 heavy (non-hydrogen) atoms. The number of nitrogen functional groups attached to an aromatic ring is 1. The fraction of sp³-hybridized carbons (Fsp3) is 0.556. The molecule has 3 N–H and O–H groups in total. The van der Waals surface area contributed by atoms with Gasteiger partial charge in [-0.15, -0.1) is 0 Å². The zero-order chi connectivity index (χ0) is 19.6. The average molecular weight is 384 g/mol. The number of hydrogen-bond acceptors (Lipinski definition) is 5. The number of anilines is 2. The van der Waals surface area contributed by atoms with Crippen molar-refractivity contribution in [2.75, 3.05) is 24.2 Å². The maximum absolute atomic E-state index is 12.8. The van der Waals surface area contributed by atoms with E-state index in [4.69, 9.17) is 26.8 Å². The number of amides is 2. The molecule has 0 aliphatic carbocycles. The van der Waals surface area contributed by atoms with Gasteiger partial charge in [-0.25, -0.2) is 4.79 Å². The third-order valence-electron chi connectivity index (χ3n) is 3.98. The van der Waals surface area contributed by atoms with Crippen LogP contribution in [0.3, 0.4) is 0 Å². The Hall–Kier alpha value is -1.99. The lowest BCUT2D eigenvalue weighted by atomic mass is 10.1. The van der Waals surface area contributed by atoms with Gasteiger partial charge in [-0.3, -0.25) is 9.69 Å². The molecular formula is C18H26ClN3O4. The molecule has 8 heteroatoms. The van der Waals surface area contributed by atoms with Crippen molar-refractivity contribution in [3.8, 4) is 0 Å². The number of hydrogen-bond donors (Lipinski definition) is 2. The average Bonchev–Trinajstić information content (AvgIpc) is 2.53. The maximum Gasteiger partial charge on any atom is 0.411 e. The number of nitrogens with zero attached hydrogens (tertiary/aromatic N) is 1. The first-order valence-electron chi connectivity index (χ1n) is 8.46. The van der Waals surface area contributed by atoms with E-state index in [1.807, 2.05) is 6.92 Å². The highest BCUT2D eigenvalue weighted by atomic mass is 35.5. The Balaban J connectivity index is 2.22. The number of ether oxygens (including phenoxy) is 2. The Kier molecular flexibility index (Phi) is 6.03. The van der Waals surface area contributed by atoms with Crippen LogP contribution in [0.15, 0.2) is 12.1 Å². The van der Waals surface area contributed by atoms with E-state index >= 15 is 0 Å². The lowest BCUT2D eigenvalue weighted by molar-refractivity contribution is -0.130. The van der Waals surface area contributed by atoms with Gasteiger partial charge in [0.15, 0.2) is 0 Å². The van der Waals surface area contributed by atoms with Crippen LogP contribution in [-0.2, 0) is 14.3 Å². The highest BCUT2D eigenvalue weighted by Gasteiger charge is 2.38. The van der Waals surface area contributed by atoms with Crippen molar-refractivity contribution in [2.24, 2.45) is 0 Å². The molecule has 1 aromatic carbocycles. The minimum Gasteiger partial charge on any atom is -0.444 e. The molecule has 1 saturated heterocycles. The predicted octanol–water partition coefficient (Wildman–Crippen LogP) is 3.19. The van der Waals surface area contributed by atoms with E-state index in [9.17, 15) is 9.59 Å². The van der Waals surface area contributed by atoms with Gasteiger partial charge in [0, 0.05) is 5.02 Å². The second-order valence-corrected chi connectivity index (χ2v) is 7.83. The molecule has 0 saturated carbocycles. The van der Waals surface area contributed by atoms with Gasteiger partial charge in [0.25, 0.3) is 0 Å². The van der Waals surface area contributed by atoms with Crippen LogP contribution in [0.2, 0.25) is 5.02 Å². The molecular weight excluding hydrogens is 358 g/mol. The Morgan fingerprint density at radius 1 is 1.38 bits per heavy atom. The van der Waals surface area contributed by atoms with Gasteiger partial charge < -0.3 is 20.5 Å². The molecule has 0 unspecified atom stereocenters. The van der Waals surface area contributed by atoms with Crippen molar-refractivity contribution >= 4 is 35.0 Å². The van der Waals surface area contributed by atoms with Crippen LogP contribution < -0.4 is 11.1 Å². The van der Waals surface area contributed by atoms with Crippen molar-refractivity contribution in [1.82, 2.24) is 4.90 Å². The van der Waals surface area contributed by atoms with Crippen LogP contribution in [0.4, 0.5) is 16.2 Å². The summed E-state index contributed by atoms with van der Waals surface area (Å²) in [5.41, 5.74) is 6.79. The predicted molar refractivity (Wildman–Crippen MR) is 101 cm³/mol. The number of morpholine rings is 1. The standard InChI is InChI=1S/C18H26ClN3O4/c1-10-8-22(17(24)26-18(3,4)5)14(9-25-10)16(23)21-15-11(2)12(19)6-7-13(15)20/h6-7,10,14H,8-9,20H2,1-5H3,(H,21,23)/t10-,14-/m1/s1. The molecule has 1 heterocycles. The summed E-state index contributed by atoms with van der Waals surface area (Å²) in [4.78, 5) is 26.8. The molecule has 1 aliphatic rings. The van der Waals surface area contributed by atoms with E-state index in [1.54, 1.807) is 39.8 Å². The van der Waals surface area contributed by atoms with E-state index in [0.717, 1.165) is 0 Å². The number of carbonyl (C=O) groups excluding carboxylic acids is 2. The zero-order valence-corrected chi connectivity index (χ0v) is 16.5. The first-order valence-corrected chi connectivity index (χ1v) is 8.84. The summed E-state index contributed by atoms with van der Waals surface area (Å²) in [5, 5.41) is 3.27. The summed E-state index contributed by atoms with van der Waals surface area (Å²) >= 11 is 6.11. The second-order valence-electron chi connectivity index (χ2n) is 7.42. The number of benzene rings is 1. The van der Waals surface area contributed by atoms with Gasteiger partial charge in [-0.05, 0) is 52.3 Å². The van der Waals surface area contributed by atoms with E-state index < -0.39 is 23.6 Å². The van der Waals surface area contributed by atoms with Crippen molar-refractivity contribution in [1.29, 1.82) is 0 Å². The summed E-state index contributed by atoms with van der Waals surface area (Å²) < 4.78 is 11.0. The quantitative estimate of drug-likeness (QED) is 0.765. The van der Waals surface area contributed by atoms with E-state index in [-0.39, 0.29) is 19.3 Å². The Morgan fingerprint density at radius 2 is 2.04 bits per heavy atom. The smallest absolute Gasteiger partial charge is 0.411 e. The number of nitrogens with one attached hydrogen (secondary N) is 1. The van der Waals surface area contributed by atoms with Crippen molar-refractivity contribution in [2.45, 2.75) is 52.4 Å². The molecule has 0 spiro atoms. The molecule has 0 aromatic heterocycles. The summed E-state index contributed by atoms with van der Waals surface area (Å²) in [7, 11) is 0. The summed E-state index contributed by atoms with van der Waals surface area (Å²) in [6.07, 6.45) is -0.742. The molecule has 2 rings (SSSR count). The largest absolute Gasteiger partial charge is 0.444 e. The van der Waals surface area contributed by atoms with Gasteiger partial charge in [0.05, 0.1) is 30.6 Å². The first kappa shape index (κ1) is 20.3. The van der Waals surface area contributed by atoms with Gasteiger partial charge in [0.1, 0.15) is 11.6 Å². The molecule has 2 atom stereocenters. The number of nitrogens with two attached hydrogens (primary N) is 1. The molecule has 2 amide bonds. The van der Waals surface area contributed by atoms with Crippen LogP contribution in [0.5, 0.6) is 0 Å². The molecule has 0 bridgehead atoms. The number of halogens is 1. The van der Waals surface area contributed by atoms with Crippen LogP contribution in [0.1, 0.15) is 33.3 Å². The van der Waals surface area contributed by atoms with Crippen LogP contribution in [0, 0.1) is 6.92 Å². The molecule has 0 radical (unpaired) electrons. The first-order chi connectivity index (χ1) is 12.0. The molecule has 1 fully saturated rings. The maximum atomic E-state index is 12.8. The molecule has 144 valence electrons. The lowest BCUT2D eigenvalue weighted by Gasteiger charge is -2.38. The summed E-state index contributed by atoms with van der Waals surface area (Å²) in [5.74, 6) is -0.403. The highest BCUT2D eigenvalue weighted by Crippen LogP contribution is 2.30. The van der Waals surface area contributed by atoms with Crippen LogP contribution in [0.25, 0.3) is 0 Å². The minimum absolute atomic E-state index is 0.0752. The van der Waals surface area contributed by atoms with Crippen molar-refractivity contribution < 1.29 is 19.1 Å². The monoisotopic (exact) mass is 383 g/mol. The fourth-order valence-electron chi connectivity index (χ4n) is 2.62. The van der Waals surface area contributed by atoms with Crippen LogP contribution >= 0.6 is 11.6 Å². The van der Waals surface area contributed by atoms with Crippen LogP contribution in [-0.4, -0.2) is 47.8 Å². The van der Waals surface area contributed by atoms with Crippen molar-refractivity contribution in [3.63, 3.8) is 0 Å². The zero-order valence-electron chi connectivity index (χ0n) is 15.8. The number of carbonyl (C=O) groups is 2. The Labute approximate surface area is 158 Å². The second kappa shape index (κ2) is 7.72. The fourth-order valence-corrected chi connectivity index (χ4v) is 2.78. The van der Waals surface area contributed by atoms with Crippen molar-refractivity contribution in [3.05, 3.63) is 22.7 Å². The van der Waals surface area contributed by atoms with E-state index in [2.05, 4.69) is 5.32 Å². The van der Waals surface area contributed by atoms with Gasteiger partial charge >= 0.3 is 6.09 Å². The van der Waals surface area contributed by atoms with Gasteiger partial charge in [0.2, 0.25) is 5.91 Å². The summed E-state index contributed by atoms with van der Waals surface area (Å²) in [6.45, 7) is 9.27. The normalized spacial score (nSPS) is 20.6.